The van der Waals surface area contributed by atoms with Crippen molar-refractivity contribution in [3.05, 3.63) is 51.2 Å². The normalized spacial score (nSPS) is 11.5. The highest BCUT2D eigenvalue weighted by Gasteiger charge is 2.21. The molecule has 2 amide bonds. The molecule has 9 heteroatoms. The van der Waals surface area contributed by atoms with E-state index in [2.05, 4.69) is 5.32 Å². The molecule has 0 saturated carbocycles. The van der Waals surface area contributed by atoms with Crippen molar-refractivity contribution >= 4 is 40.7 Å². The molecule has 0 fully saturated rings. The maximum absolute atomic E-state index is 12.3. The number of esters is 1. The molecule has 0 spiro atoms. The van der Waals surface area contributed by atoms with Gasteiger partial charge in [0.2, 0.25) is 5.91 Å². The Labute approximate surface area is 184 Å². The summed E-state index contributed by atoms with van der Waals surface area (Å²) in [6.45, 7) is 5.27. The van der Waals surface area contributed by atoms with Crippen molar-refractivity contribution in [2.24, 2.45) is 0 Å². The van der Waals surface area contributed by atoms with E-state index in [0.29, 0.717) is 23.9 Å². The average Bonchev–Trinajstić information content (AvgIpc) is 3.24. The standard InChI is InChI=1S/C21H25ClN2O5S/c1-4-24(12-19(25)23-11-17-6-5-9-30-17)20(26)13-28-21(27)15(3)29-18-8-7-16(22)10-14(18)2/h5-10,15H,4,11-13H2,1-3H3,(H,23,25). The number of nitrogens with one attached hydrogen (secondary N) is 1. The van der Waals surface area contributed by atoms with Crippen LogP contribution in [0.3, 0.4) is 0 Å². The van der Waals surface area contributed by atoms with Crippen LogP contribution in [0.5, 0.6) is 5.75 Å². The molecule has 0 aliphatic carbocycles. The number of halogens is 1. The molecular weight excluding hydrogens is 428 g/mol. The summed E-state index contributed by atoms with van der Waals surface area (Å²) in [4.78, 5) is 38.9. The van der Waals surface area contributed by atoms with Crippen LogP contribution in [0.2, 0.25) is 5.02 Å². The molecule has 0 bridgehead atoms. The fourth-order valence-corrected chi connectivity index (χ4v) is 3.40. The number of aryl methyl sites for hydroxylation is 1. The average molecular weight is 453 g/mol. The number of hydrogen-bond acceptors (Lipinski definition) is 6. The Balaban J connectivity index is 1.78. The fraction of sp³-hybridized carbons (Fsp3) is 0.381. The zero-order valence-electron chi connectivity index (χ0n) is 17.1. The second-order valence-electron chi connectivity index (χ2n) is 6.54. The van der Waals surface area contributed by atoms with Crippen molar-refractivity contribution < 1.29 is 23.9 Å². The van der Waals surface area contributed by atoms with Gasteiger partial charge in [-0.25, -0.2) is 4.79 Å². The lowest BCUT2D eigenvalue weighted by molar-refractivity contribution is -0.157. The number of amides is 2. The molecule has 0 aliphatic heterocycles. The van der Waals surface area contributed by atoms with E-state index in [1.807, 2.05) is 24.4 Å². The van der Waals surface area contributed by atoms with Gasteiger partial charge in [0, 0.05) is 16.4 Å². The summed E-state index contributed by atoms with van der Waals surface area (Å²) in [5.41, 5.74) is 0.781. The molecule has 1 atom stereocenters. The number of likely N-dealkylation sites (N-methyl/N-ethyl adjacent to an activating group) is 1. The quantitative estimate of drug-likeness (QED) is 0.559. The lowest BCUT2D eigenvalue weighted by Crippen LogP contribution is -2.42. The van der Waals surface area contributed by atoms with Crippen molar-refractivity contribution in [1.82, 2.24) is 10.2 Å². The Morgan fingerprint density at radius 1 is 1.27 bits per heavy atom. The Morgan fingerprint density at radius 2 is 2.03 bits per heavy atom. The smallest absolute Gasteiger partial charge is 0.347 e. The molecule has 1 N–H and O–H groups in total. The summed E-state index contributed by atoms with van der Waals surface area (Å²) in [5, 5.41) is 5.26. The Hall–Kier alpha value is -2.58. The van der Waals surface area contributed by atoms with Crippen molar-refractivity contribution in [1.29, 1.82) is 0 Å². The molecule has 1 unspecified atom stereocenters. The number of ether oxygens (including phenoxy) is 2. The summed E-state index contributed by atoms with van der Waals surface area (Å²) in [6, 6.07) is 8.87. The summed E-state index contributed by atoms with van der Waals surface area (Å²) < 4.78 is 10.7. The summed E-state index contributed by atoms with van der Waals surface area (Å²) in [7, 11) is 0. The highest BCUT2D eigenvalue weighted by atomic mass is 35.5. The second kappa shape index (κ2) is 11.6. The third-order valence-corrected chi connectivity index (χ3v) is 5.33. The van der Waals surface area contributed by atoms with Gasteiger partial charge in [-0.15, -0.1) is 11.3 Å². The van der Waals surface area contributed by atoms with E-state index in [-0.39, 0.29) is 12.5 Å². The Morgan fingerprint density at radius 3 is 2.67 bits per heavy atom. The van der Waals surface area contributed by atoms with E-state index in [0.717, 1.165) is 10.4 Å². The number of benzene rings is 1. The molecule has 0 saturated heterocycles. The molecule has 2 rings (SSSR count). The predicted molar refractivity (Wildman–Crippen MR) is 116 cm³/mol. The van der Waals surface area contributed by atoms with Gasteiger partial charge in [0.15, 0.2) is 12.7 Å². The van der Waals surface area contributed by atoms with Gasteiger partial charge in [0.1, 0.15) is 5.75 Å². The maximum Gasteiger partial charge on any atom is 0.347 e. The van der Waals surface area contributed by atoms with Gasteiger partial charge in [-0.1, -0.05) is 17.7 Å². The van der Waals surface area contributed by atoms with Crippen LogP contribution in [0, 0.1) is 6.92 Å². The lowest BCUT2D eigenvalue weighted by Gasteiger charge is -2.21. The van der Waals surface area contributed by atoms with E-state index in [1.165, 1.54) is 11.8 Å². The summed E-state index contributed by atoms with van der Waals surface area (Å²) in [5.74, 6) is -0.893. The molecule has 1 aromatic heterocycles. The Kier molecular flexibility index (Phi) is 9.14. The third-order valence-electron chi connectivity index (χ3n) is 4.22. The van der Waals surface area contributed by atoms with E-state index >= 15 is 0 Å². The zero-order chi connectivity index (χ0) is 22.1. The first-order valence-electron chi connectivity index (χ1n) is 9.46. The number of carbonyl (C=O) groups excluding carboxylic acids is 3. The van der Waals surface area contributed by atoms with Crippen LogP contribution < -0.4 is 10.1 Å². The van der Waals surface area contributed by atoms with Gasteiger partial charge in [0.25, 0.3) is 5.91 Å². The van der Waals surface area contributed by atoms with Gasteiger partial charge in [-0.2, -0.15) is 0 Å². The molecule has 1 heterocycles. The van der Waals surface area contributed by atoms with E-state index < -0.39 is 24.6 Å². The van der Waals surface area contributed by atoms with E-state index in [9.17, 15) is 14.4 Å². The van der Waals surface area contributed by atoms with Crippen molar-refractivity contribution in [3.63, 3.8) is 0 Å². The first-order valence-corrected chi connectivity index (χ1v) is 10.7. The Bertz CT molecular complexity index is 872. The fourth-order valence-electron chi connectivity index (χ4n) is 2.53. The van der Waals surface area contributed by atoms with Crippen LogP contribution in [-0.2, 0) is 25.7 Å². The number of thiophene rings is 1. The van der Waals surface area contributed by atoms with Crippen LogP contribution in [-0.4, -0.2) is 48.5 Å². The van der Waals surface area contributed by atoms with Crippen LogP contribution >= 0.6 is 22.9 Å². The highest BCUT2D eigenvalue weighted by molar-refractivity contribution is 7.09. The first-order chi connectivity index (χ1) is 14.3. The summed E-state index contributed by atoms with van der Waals surface area (Å²) >= 11 is 7.45. The third kappa shape index (κ3) is 7.35. The van der Waals surface area contributed by atoms with Crippen LogP contribution in [0.4, 0.5) is 0 Å². The van der Waals surface area contributed by atoms with Crippen molar-refractivity contribution in [3.8, 4) is 5.75 Å². The molecule has 162 valence electrons. The van der Waals surface area contributed by atoms with Crippen molar-refractivity contribution in [2.75, 3.05) is 19.7 Å². The number of hydrogen-bond donors (Lipinski definition) is 1. The van der Waals surface area contributed by atoms with Gasteiger partial charge in [-0.3, -0.25) is 9.59 Å². The maximum atomic E-state index is 12.3. The topological polar surface area (TPSA) is 84.9 Å². The zero-order valence-corrected chi connectivity index (χ0v) is 18.7. The first kappa shape index (κ1) is 23.7. The molecule has 1 aromatic carbocycles. The number of nitrogens with zero attached hydrogens (tertiary/aromatic N) is 1. The highest BCUT2D eigenvalue weighted by Crippen LogP contribution is 2.23. The van der Waals surface area contributed by atoms with Gasteiger partial charge in [0.05, 0.1) is 13.1 Å². The van der Waals surface area contributed by atoms with Gasteiger partial charge >= 0.3 is 5.97 Å². The van der Waals surface area contributed by atoms with Gasteiger partial charge in [-0.05, 0) is 56.0 Å². The van der Waals surface area contributed by atoms with Crippen LogP contribution in [0.1, 0.15) is 24.3 Å². The molecular formula is C21H25ClN2O5S. The summed E-state index contributed by atoms with van der Waals surface area (Å²) in [6.07, 6.45) is -0.901. The largest absolute Gasteiger partial charge is 0.479 e. The molecule has 2 aromatic rings. The molecule has 7 nitrogen and oxygen atoms in total. The van der Waals surface area contributed by atoms with Gasteiger partial charge < -0.3 is 19.7 Å². The number of rotatable bonds is 10. The monoisotopic (exact) mass is 452 g/mol. The molecule has 0 radical (unpaired) electrons. The van der Waals surface area contributed by atoms with E-state index in [1.54, 1.807) is 36.5 Å². The number of carbonyl (C=O) groups is 3. The minimum absolute atomic E-state index is 0.103. The van der Waals surface area contributed by atoms with Crippen molar-refractivity contribution in [2.45, 2.75) is 33.4 Å². The molecule has 30 heavy (non-hydrogen) atoms. The second-order valence-corrected chi connectivity index (χ2v) is 8.01. The SMILES string of the molecule is CCN(CC(=O)NCc1cccs1)C(=O)COC(=O)C(C)Oc1ccc(Cl)cc1C. The predicted octanol–water partition coefficient (Wildman–Crippen LogP) is 3.19. The lowest BCUT2D eigenvalue weighted by atomic mass is 10.2. The molecule has 0 aliphatic rings. The minimum Gasteiger partial charge on any atom is -0.479 e. The van der Waals surface area contributed by atoms with E-state index in [4.69, 9.17) is 21.1 Å². The van der Waals surface area contributed by atoms with Crippen LogP contribution in [0.15, 0.2) is 35.7 Å². The minimum atomic E-state index is -0.901. The van der Waals surface area contributed by atoms with Crippen LogP contribution in [0.25, 0.3) is 0 Å².